The molecule has 0 radical (unpaired) electrons. The van der Waals surface area contributed by atoms with Crippen LogP contribution in [-0.4, -0.2) is 16.9 Å². The third-order valence-electron chi connectivity index (χ3n) is 3.96. The second-order valence-corrected chi connectivity index (χ2v) is 5.42. The first-order chi connectivity index (χ1) is 10.2. The molecule has 4 nitrogen and oxygen atoms in total. The zero-order chi connectivity index (χ0) is 14.7. The largest absolute Gasteiger partial charge is 0.348 e. The van der Waals surface area contributed by atoms with E-state index in [9.17, 15) is 4.79 Å². The monoisotopic (exact) mass is 281 g/mol. The van der Waals surface area contributed by atoms with Gasteiger partial charge in [-0.1, -0.05) is 24.3 Å². The lowest BCUT2D eigenvalue weighted by Gasteiger charge is -2.26. The predicted octanol–water partition coefficient (Wildman–Crippen LogP) is 1.97. The highest BCUT2D eigenvalue weighted by molar-refractivity contribution is 5.82. The fourth-order valence-corrected chi connectivity index (χ4v) is 2.69. The minimum Gasteiger partial charge on any atom is -0.348 e. The normalized spacial score (nSPS) is 18.6. The smallest absolute Gasteiger partial charge is 0.237 e. The molecule has 3 rings (SSSR count). The quantitative estimate of drug-likeness (QED) is 0.904. The van der Waals surface area contributed by atoms with E-state index in [1.54, 1.807) is 12.4 Å². The first-order valence-corrected chi connectivity index (χ1v) is 7.24. The van der Waals surface area contributed by atoms with Crippen LogP contribution in [0.3, 0.4) is 0 Å². The molecule has 0 spiro atoms. The summed E-state index contributed by atoms with van der Waals surface area (Å²) in [6.45, 7) is 2.74. The van der Waals surface area contributed by atoms with E-state index in [1.807, 2.05) is 31.2 Å². The standard InChI is InChI=1S/C17H19N3O/c1-12(13-6-8-18-9-7-13)20-17(21)16-10-14-4-2-3-5-15(14)11-19-16/h2-9,12,16,19H,10-11H2,1H3,(H,20,21)/t12?,16-/m0/s1. The zero-order valence-corrected chi connectivity index (χ0v) is 12.0. The summed E-state index contributed by atoms with van der Waals surface area (Å²) in [6, 6.07) is 11.9. The Bertz CT molecular complexity index is 627. The Kier molecular flexibility index (Phi) is 3.97. The summed E-state index contributed by atoms with van der Waals surface area (Å²) in [5, 5.41) is 6.37. The number of pyridine rings is 1. The van der Waals surface area contributed by atoms with E-state index in [0.717, 1.165) is 18.5 Å². The van der Waals surface area contributed by atoms with E-state index in [1.165, 1.54) is 11.1 Å². The van der Waals surface area contributed by atoms with Gasteiger partial charge in [-0.25, -0.2) is 0 Å². The molecule has 1 amide bonds. The summed E-state index contributed by atoms with van der Waals surface area (Å²) in [5.74, 6) is 0.0498. The molecule has 0 aliphatic carbocycles. The number of amides is 1. The second kappa shape index (κ2) is 6.06. The highest BCUT2D eigenvalue weighted by Crippen LogP contribution is 2.17. The number of rotatable bonds is 3. The maximum absolute atomic E-state index is 12.4. The van der Waals surface area contributed by atoms with Crippen LogP contribution in [0.15, 0.2) is 48.8 Å². The Morgan fingerprint density at radius 3 is 2.71 bits per heavy atom. The highest BCUT2D eigenvalue weighted by atomic mass is 16.2. The number of hydrogen-bond donors (Lipinski definition) is 2. The predicted molar refractivity (Wildman–Crippen MR) is 81.6 cm³/mol. The molecule has 2 heterocycles. The Balaban J connectivity index is 1.65. The molecule has 4 heteroatoms. The molecule has 2 aromatic rings. The van der Waals surface area contributed by atoms with Gasteiger partial charge in [0.05, 0.1) is 12.1 Å². The molecule has 1 aliphatic rings. The second-order valence-electron chi connectivity index (χ2n) is 5.42. The van der Waals surface area contributed by atoms with Crippen LogP contribution in [0.2, 0.25) is 0 Å². The van der Waals surface area contributed by atoms with Crippen molar-refractivity contribution in [3.05, 3.63) is 65.5 Å². The first kappa shape index (κ1) is 13.8. The molecule has 2 atom stereocenters. The Hall–Kier alpha value is -2.20. The fraction of sp³-hybridized carbons (Fsp3) is 0.294. The third-order valence-corrected chi connectivity index (χ3v) is 3.96. The van der Waals surface area contributed by atoms with E-state index < -0.39 is 0 Å². The Morgan fingerprint density at radius 1 is 1.24 bits per heavy atom. The molecule has 0 fully saturated rings. The molecular formula is C17H19N3O. The van der Waals surface area contributed by atoms with Crippen LogP contribution in [0.25, 0.3) is 0 Å². The van der Waals surface area contributed by atoms with Crippen molar-refractivity contribution in [1.29, 1.82) is 0 Å². The molecule has 1 aromatic heterocycles. The number of aromatic nitrogens is 1. The van der Waals surface area contributed by atoms with Crippen LogP contribution in [0.1, 0.15) is 29.7 Å². The van der Waals surface area contributed by atoms with Crippen molar-refractivity contribution in [3.63, 3.8) is 0 Å². The molecule has 0 saturated heterocycles. The van der Waals surface area contributed by atoms with Gasteiger partial charge in [-0.3, -0.25) is 9.78 Å². The molecule has 1 aliphatic heterocycles. The Morgan fingerprint density at radius 2 is 1.95 bits per heavy atom. The molecule has 1 unspecified atom stereocenters. The minimum absolute atomic E-state index is 0.0144. The van der Waals surface area contributed by atoms with Gasteiger partial charge in [-0.05, 0) is 42.2 Å². The van der Waals surface area contributed by atoms with E-state index >= 15 is 0 Å². The van der Waals surface area contributed by atoms with Crippen LogP contribution >= 0.6 is 0 Å². The summed E-state index contributed by atoms with van der Waals surface area (Å²) in [6.07, 6.45) is 4.23. The highest BCUT2D eigenvalue weighted by Gasteiger charge is 2.24. The minimum atomic E-state index is -0.163. The van der Waals surface area contributed by atoms with Gasteiger partial charge in [0.15, 0.2) is 0 Å². The fourth-order valence-electron chi connectivity index (χ4n) is 2.69. The van der Waals surface area contributed by atoms with Gasteiger partial charge in [-0.15, -0.1) is 0 Å². The maximum atomic E-state index is 12.4. The van der Waals surface area contributed by atoms with Gasteiger partial charge < -0.3 is 10.6 Å². The lowest BCUT2D eigenvalue weighted by atomic mass is 9.95. The number of nitrogens with one attached hydrogen (secondary N) is 2. The first-order valence-electron chi connectivity index (χ1n) is 7.24. The summed E-state index contributed by atoms with van der Waals surface area (Å²) in [5.41, 5.74) is 3.60. The number of nitrogens with zero attached hydrogens (tertiary/aromatic N) is 1. The van der Waals surface area contributed by atoms with Crippen LogP contribution in [-0.2, 0) is 17.8 Å². The van der Waals surface area contributed by atoms with Gasteiger partial charge in [0.1, 0.15) is 0 Å². The average Bonchev–Trinajstić information content (AvgIpc) is 2.55. The third kappa shape index (κ3) is 3.11. The molecule has 2 N–H and O–H groups in total. The van der Waals surface area contributed by atoms with Crippen molar-refractivity contribution < 1.29 is 4.79 Å². The summed E-state index contributed by atoms with van der Waals surface area (Å²) < 4.78 is 0. The van der Waals surface area contributed by atoms with E-state index in [-0.39, 0.29) is 18.0 Å². The van der Waals surface area contributed by atoms with Crippen molar-refractivity contribution in [2.24, 2.45) is 0 Å². The van der Waals surface area contributed by atoms with Gasteiger partial charge >= 0.3 is 0 Å². The van der Waals surface area contributed by atoms with E-state index in [0.29, 0.717) is 0 Å². The van der Waals surface area contributed by atoms with Crippen LogP contribution in [0.5, 0.6) is 0 Å². The topological polar surface area (TPSA) is 54.0 Å². The zero-order valence-electron chi connectivity index (χ0n) is 12.0. The average molecular weight is 281 g/mol. The number of benzene rings is 1. The Labute approximate surface area is 124 Å². The summed E-state index contributed by atoms with van der Waals surface area (Å²) >= 11 is 0. The van der Waals surface area contributed by atoms with Gasteiger partial charge in [0.2, 0.25) is 5.91 Å². The number of carbonyl (C=O) groups excluding carboxylic acids is 1. The maximum Gasteiger partial charge on any atom is 0.237 e. The van der Waals surface area contributed by atoms with Crippen LogP contribution in [0, 0.1) is 0 Å². The van der Waals surface area contributed by atoms with Crippen LogP contribution in [0.4, 0.5) is 0 Å². The van der Waals surface area contributed by atoms with Crippen molar-refractivity contribution in [3.8, 4) is 0 Å². The van der Waals surface area contributed by atoms with E-state index in [2.05, 4.69) is 27.8 Å². The number of fused-ring (bicyclic) bond motifs is 1. The van der Waals surface area contributed by atoms with Crippen molar-refractivity contribution >= 4 is 5.91 Å². The number of hydrogen-bond acceptors (Lipinski definition) is 3. The van der Waals surface area contributed by atoms with Crippen molar-refractivity contribution in [2.75, 3.05) is 0 Å². The SMILES string of the molecule is CC(NC(=O)[C@@H]1Cc2ccccc2CN1)c1ccncc1. The number of carbonyl (C=O) groups is 1. The van der Waals surface area contributed by atoms with Crippen LogP contribution < -0.4 is 10.6 Å². The summed E-state index contributed by atoms with van der Waals surface area (Å²) in [4.78, 5) is 16.4. The molecular weight excluding hydrogens is 262 g/mol. The lowest BCUT2D eigenvalue weighted by molar-refractivity contribution is -0.124. The van der Waals surface area contributed by atoms with Gasteiger partial charge in [0.25, 0.3) is 0 Å². The lowest BCUT2D eigenvalue weighted by Crippen LogP contribution is -2.48. The molecule has 0 bridgehead atoms. The van der Waals surface area contributed by atoms with Gasteiger partial charge in [0, 0.05) is 18.9 Å². The molecule has 0 saturated carbocycles. The van der Waals surface area contributed by atoms with Crippen molar-refractivity contribution in [2.45, 2.75) is 32.0 Å². The van der Waals surface area contributed by atoms with Crippen molar-refractivity contribution in [1.82, 2.24) is 15.6 Å². The van der Waals surface area contributed by atoms with Gasteiger partial charge in [-0.2, -0.15) is 0 Å². The summed E-state index contributed by atoms with van der Waals surface area (Å²) in [7, 11) is 0. The van der Waals surface area contributed by atoms with E-state index in [4.69, 9.17) is 0 Å². The molecule has 1 aromatic carbocycles. The molecule has 21 heavy (non-hydrogen) atoms. The molecule has 108 valence electrons.